The molecule has 0 saturated heterocycles. The number of nitrogens with one attached hydrogen (secondary N) is 2. The van der Waals surface area contributed by atoms with E-state index in [1.54, 1.807) is 0 Å². The lowest BCUT2D eigenvalue weighted by molar-refractivity contribution is 0.798. The maximum Gasteiger partial charge on any atom is 0.0487 e. The van der Waals surface area contributed by atoms with Crippen molar-refractivity contribution < 1.29 is 0 Å². The van der Waals surface area contributed by atoms with Crippen LogP contribution in [0.5, 0.6) is 0 Å². The van der Waals surface area contributed by atoms with E-state index < -0.39 is 0 Å². The highest BCUT2D eigenvalue weighted by atomic mass is 79.9. The normalized spacial score (nSPS) is 10.2. The summed E-state index contributed by atoms with van der Waals surface area (Å²) >= 11 is 9.36. The smallest absolute Gasteiger partial charge is 0.0487 e. The molecule has 0 radical (unpaired) electrons. The van der Waals surface area contributed by atoms with Gasteiger partial charge in [0.15, 0.2) is 0 Å². The van der Waals surface area contributed by atoms with E-state index in [-0.39, 0.29) is 0 Å². The van der Waals surface area contributed by atoms with E-state index in [2.05, 4.69) is 26.8 Å². The molecule has 88 valence electrons. The first-order valence-corrected chi connectivity index (χ1v) is 6.40. The van der Waals surface area contributed by atoms with Gasteiger partial charge < -0.3 is 5.43 Å². The van der Waals surface area contributed by atoms with Crippen LogP contribution >= 0.6 is 27.5 Å². The lowest BCUT2D eigenvalue weighted by atomic mass is 10.2. The van der Waals surface area contributed by atoms with Crippen molar-refractivity contribution in [1.82, 2.24) is 5.43 Å². The molecule has 4 heteroatoms. The summed E-state index contributed by atoms with van der Waals surface area (Å²) in [6.45, 7) is 0.715. The summed E-state index contributed by atoms with van der Waals surface area (Å²) in [4.78, 5) is 0. The third-order valence-corrected chi connectivity index (χ3v) is 3.27. The quantitative estimate of drug-likeness (QED) is 0.826. The number of benzene rings is 2. The molecule has 0 saturated carbocycles. The molecule has 0 aliphatic rings. The zero-order chi connectivity index (χ0) is 12.1. The van der Waals surface area contributed by atoms with Gasteiger partial charge in [-0.2, -0.15) is 0 Å². The molecule has 0 aliphatic carbocycles. The van der Waals surface area contributed by atoms with Crippen molar-refractivity contribution in [2.45, 2.75) is 6.54 Å². The number of anilines is 1. The lowest BCUT2D eigenvalue weighted by Crippen LogP contribution is -2.20. The van der Waals surface area contributed by atoms with Crippen LogP contribution in [0, 0.1) is 0 Å². The third-order valence-electron chi connectivity index (χ3n) is 2.30. The molecule has 0 amide bonds. The van der Waals surface area contributed by atoms with Crippen LogP contribution in [-0.2, 0) is 6.54 Å². The third kappa shape index (κ3) is 3.73. The van der Waals surface area contributed by atoms with Crippen molar-refractivity contribution in [3.63, 3.8) is 0 Å². The zero-order valence-corrected chi connectivity index (χ0v) is 11.4. The van der Waals surface area contributed by atoms with Crippen molar-refractivity contribution in [2.75, 3.05) is 5.43 Å². The van der Waals surface area contributed by atoms with Crippen LogP contribution in [0.3, 0.4) is 0 Å². The average Bonchev–Trinajstić information content (AvgIpc) is 2.33. The van der Waals surface area contributed by atoms with Gasteiger partial charge in [-0.05, 0) is 29.8 Å². The molecule has 0 atom stereocenters. The van der Waals surface area contributed by atoms with Gasteiger partial charge in [0.2, 0.25) is 0 Å². The molecule has 2 aromatic rings. The molecule has 0 bridgehead atoms. The molecule has 0 unspecified atom stereocenters. The Morgan fingerprint density at radius 2 is 1.82 bits per heavy atom. The molecule has 2 aromatic carbocycles. The van der Waals surface area contributed by atoms with Gasteiger partial charge in [-0.15, -0.1) is 0 Å². The largest absolute Gasteiger partial charge is 0.321 e. The standard InChI is InChI=1S/C13H12BrClN2/c14-13-8-11(15)7-6-10(13)9-16-17-12-4-2-1-3-5-12/h1-8,16-17H,9H2. The number of halogens is 2. The highest BCUT2D eigenvalue weighted by Gasteiger charge is 1.99. The van der Waals surface area contributed by atoms with E-state index in [1.165, 1.54) is 0 Å². The van der Waals surface area contributed by atoms with Crippen LogP contribution in [0.25, 0.3) is 0 Å². The molecule has 0 spiro atoms. The zero-order valence-electron chi connectivity index (χ0n) is 9.08. The van der Waals surface area contributed by atoms with Gasteiger partial charge in [0, 0.05) is 21.7 Å². The first kappa shape index (κ1) is 12.4. The Morgan fingerprint density at radius 1 is 1.06 bits per heavy atom. The highest BCUT2D eigenvalue weighted by molar-refractivity contribution is 9.10. The Hall–Kier alpha value is -1.03. The summed E-state index contributed by atoms with van der Waals surface area (Å²) in [6.07, 6.45) is 0. The molecule has 0 aromatic heterocycles. The minimum atomic E-state index is 0.715. The Balaban J connectivity index is 1.90. The van der Waals surface area contributed by atoms with Gasteiger partial charge in [0.05, 0.1) is 0 Å². The minimum absolute atomic E-state index is 0.715. The van der Waals surface area contributed by atoms with Gasteiger partial charge in [-0.25, -0.2) is 5.43 Å². The van der Waals surface area contributed by atoms with Crippen LogP contribution in [0.1, 0.15) is 5.56 Å². The predicted octanol–water partition coefficient (Wildman–Crippen LogP) is 4.22. The van der Waals surface area contributed by atoms with E-state index in [9.17, 15) is 0 Å². The first-order valence-electron chi connectivity index (χ1n) is 5.23. The van der Waals surface area contributed by atoms with E-state index in [0.29, 0.717) is 6.54 Å². The first-order chi connectivity index (χ1) is 8.25. The van der Waals surface area contributed by atoms with Gasteiger partial charge in [-0.3, -0.25) is 0 Å². The van der Waals surface area contributed by atoms with Crippen molar-refractivity contribution in [3.8, 4) is 0 Å². The summed E-state index contributed by atoms with van der Waals surface area (Å²) < 4.78 is 1.01. The van der Waals surface area contributed by atoms with E-state index >= 15 is 0 Å². The maximum absolute atomic E-state index is 5.88. The van der Waals surface area contributed by atoms with Crippen molar-refractivity contribution in [2.24, 2.45) is 0 Å². The molecule has 0 fully saturated rings. The molecule has 2 rings (SSSR count). The lowest BCUT2D eigenvalue weighted by Gasteiger charge is -2.09. The summed E-state index contributed by atoms with van der Waals surface area (Å²) in [7, 11) is 0. The van der Waals surface area contributed by atoms with E-state index in [0.717, 1.165) is 20.7 Å². The van der Waals surface area contributed by atoms with Crippen LogP contribution in [0.4, 0.5) is 5.69 Å². The van der Waals surface area contributed by atoms with Gasteiger partial charge in [-0.1, -0.05) is 51.8 Å². The Morgan fingerprint density at radius 3 is 2.53 bits per heavy atom. The number of rotatable bonds is 4. The summed E-state index contributed by atoms with van der Waals surface area (Å²) in [5, 5.41) is 0.733. The fraction of sp³-hybridized carbons (Fsp3) is 0.0769. The van der Waals surface area contributed by atoms with Gasteiger partial charge in [0.25, 0.3) is 0 Å². The van der Waals surface area contributed by atoms with E-state index in [4.69, 9.17) is 11.6 Å². The van der Waals surface area contributed by atoms with Crippen LogP contribution in [0.2, 0.25) is 5.02 Å². The number of hydrazine groups is 1. The predicted molar refractivity (Wildman–Crippen MR) is 76.1 cm³/mol. The summed E-state index contributed by atoms with van der Waals surface area (Å²) in [6, 6.07) is 15.7. The van der Waals surface area contributed by atoms with Crippen molar-refractivity contribution >= 4 is 33.2 Å². The molecule has 17 heavy (non-hydrogen) atoms. The Kier molecular flexibility index (Phi) is 4.42. The second-order valence-corrected chi connectivity index (χ2v) is 4.87. The summed E-state index contributed by atoms with van der Waals surface area (Å²) in [5.41, 5.74) is 8.48. The second-order valence-electron chi connectivity index (χ2n) is 3.58. The maximum atomic E-state index is 5.88. The molecular formula is C13H12BrClN2. The Labute approximate surface area is 114 Å². The van der Waals surface area contributed by atoms with E-state index in [1.807, 2.05) is 48.5 Å². The molecule has 2 nitrogen and oxygen atoms in total. The summed E-state index contributed by atoms with van der Waals surface area (Å²) in [5.74, 6) is 0. The number of hydrogen-bond donors (Lipinski definition) is 2. The van der Waals surface area contributed by atoms with Crippen molar-refractivity contribution in [3.05, 3.63) is 63.6 Å². The number of hydrogen-bond acceptors (Lipinski definition) is 2. The SMILES string of the molecule is Clc1ccc(CNNc2ccccc2)c(Br)c1. The molecular weight excluding hydrogens is 300 g/mol. The topological polar surface area (TPSA) is 24.1 Å². The average molecular weight is 312 g/mol. The van der Waals surface area contributed by atoms with Crippen LogP contribution in [-0.4, -0.2) is 0 Å². The van der Waals surface area contributed by atoms with Crippen LogP contribution < -0.4 is 10.9 Å². The fourth-order valence-electron chi connectivity index (χ4n) is 1.43. The Bertz CT molecular complexity index is 488. The van der Waals surface area contributed by atoms with Gasteiger partial charge in [0.1, 0.15) is 0 Å². The van der Waals surface area contributed by atoms with Gasteiger partial charge >= 0.3 is 0 Å². The van der Waals surface area contributed by atoms with Crippen LogP contribution in [0.15, 0.2) is 53.0 Å². The van der Waals surface area contributed by atoms with Crippen molar-refractivity contribution in [1.29, 1.82) is 0 Å². The number of para-hydroxylation sites is 1. The highest BCUT2D eigenvalue weighted by Crippen LogP contribution is 2.21. The second kappa shape index (κ2) is 6.05. The fourth-order valence-corrected chi connectivity index (χ4v) is 2.25. The molecule has 2 N–H and O–H groups in total. The molecule has 0 aliphatic heterocycles. The minimum Gasteiger partial charge on any atom is -0.321 e. The monoisotopic (exact) mass is 310 g/mol. The molecule has 0 heterocycles.